The third kappa shape index (κ3) is 7.00. The van der Waals surface area contributed by atoms with Crippen molar-refractivity contribution in [2.45, 2.75) is 45.4 Å². The van der Waals surface area contributed by atoms with E-state index in [0.29, 0.717) is 18.9 Å². The van der Waals surface area contributed by atoms with Crippen molar-refractivity contribution in [3.63, 3.8) is 0 Å². The fraction of sp³-hybridized carbons (Fsp3) is 0.545. The molecule has 2 N–H and O–H groups in total. The second-order valence-electron chi connectivity index (χ2n) is 7.62. The van der Waals surface area contributed by atoms with E-state index in [1.54, 1.807) is 12.5 Å². The molecule has 0 unspecified atom stereocenters. The Morgan fingerprint density at radius 1 is 1.24 bits per heavy atom. The Morgan fingerprint density at radius 3 is 2.86 bits per heavy atom. The first-order chi connectivity index (χ1) is 14.2. The van der Waals surface area contributed by atoms with Crippen molar-refractivity contribution in [1.82, 2.24) is 20.3 Å². The van der Waals surface area contributed by atoms with Gasteiger partial charge in [-0.15, -0.1) is 0 Å². The Kier molecular flexibility index (Phi) is 8.22. The zero-order valence-corrected chi connectivity index (χ0v) is 17.3. The van der Waals surface area contributed by atoms with Crippen LogP contribution in [0.1, 0.15) is 44.6 Å². The average Bonchev–Trinajstić information content (AvgIpc) is 2.77. The van der Waals surface area contributed by atoms with Crippen LogP contribution in [0.15, 0.2) is 36.9 Å². The molecular weight excluding hydrogens is 364 g/mol. The first kappa shape index (κ1) is 21.0. The Morgan fingerprint density at radius 2 is 2.10 bits per heavy atom. The number of carbonyl (C=O) groups is 1. The van der Waals surface area contributed by atoms with Gasteiger partial charge in [-0.1, -0.05) is 13.0 Å². The van der Waals surface area contributed by atoms with E-state index in [0.717, 1.165) is 68.9 Å². The van der Waals surface area contributed by atoms with E-state index in [1.807, 2.05) is 24.4 Å². The summed E-state index contributed by atoms with van der Waals surface area (Å²) in [5.41, 5.74) is 1.15. The zero-order valence-electron chi connectivity index (χ0n) is 17.3. The van der Waals surface area contributed by atoms with Crippen molar-refractivity contribution in [2.24, 2.45) is 5.92 Å². The number of aromatic nitrogens is 3. The smallest absolute Gasteiger partial charge is 0.220 e. The molecule has 1 fully saturated rings. The van der Waals surface area contributed by atoms with Crippen LogP contribution in [0.25, 0.3) is 0 Å². The molecule has 0 aliphatic carbocycles. The van der Waals surface area contributed by atoms with Crippen molar-refractivity contribution in [2.75, 3.05) is 36.4 Å². The summed E-state index contributed by atoms with van der Waals surface area (Å²) >= 11 is 0. The third-order valence-electron chi connectivity index (χ3n) is 5.39. The summed E-state index contributed by atoms with van der Waals surface area (Å²) in [5, 5.41) is 6.34. The molecule has 0 aromatic carbocycles. The molecule has 3 heterocycles. The number of piperidine rings is 1. The van der Waals surface area contributed by atoms with Crippen LogP contribution in [-0.2, 0) is 11.2 Å². The van der Waals surface area contributed by atoms with Gasteiger partial charge in [-0.2, -0.15) is 0 Å². The number of amides is 1. The van der Waals surface area contributed by atoms with Gasteiger partial charge in [0.1, 0.15) is 18.0 Å². The van der Waals surface area contributed by atoms with Gasteiger partial charge in [0.05, 0.1) is 0 Å². The van der Waals surface area contributed by atoms with Crippen LogP contribution in [0.3, 0.4) is 0 Å². The maximum Gasteiger partial charge on any atom is 0.220 e. The van der Waals surface area contributed by atoms with Crippen LogP contribution in [0.5, 0.6) is 0 Å². The standard InChI is InChI=1S/C22H32N6O/c1-2-10-24-20-15-21(27-17-26-20)28-13-8-18(9-14-28)5-6-22(29)25-12-7-19-4-3-11-23-16-19/h3-4,11,15-18H,2,5-10,12-14H2,1H3,(H,25,29)(H,24,26,27). The minimum absolute atomic E-state index is 0.152. The van der Waals surface area contributed by atoms with E-state index < -0.39 is 0 Å². The largest absolute Gasteiger partial charge is 0.370 e. The monoisotopic (exact) mass is 396 g/mol. The Bertz CT molecular complexity index is 746. The van der Waals surface area contributed by atoms with E-state index in [-0.39, 0.29) is 5.91 Å². The third-order valence-corrected chi connectivity index (χ3v) is 5.39. The van der Waals surface area contributed by atoms with Crippen LogP contribution in [0, 0.1) is 5.92 Å². The summed E-state index contributed by atoms with van der Waals surface area (Å²) in [6.07, 6.45) is 10.9. The molecule has 0 bridgehead atoms. The second-order valence-corrected chi connectivity index (χ2v) is 7.62. The number of hydrogen-bond donors (Lipinski definition) is 2. The lowest BCUT2D eigenvalue weighted by atomic mass is 9.92. The van der Waals surface area contributed by atoms with Crippen LogP contribution in [0.4, 0.5) is 11.6 Å². The minimum Gasteiger partial charge on any atom is -0.370 e. The molecule has 1 aliphatic heterocycles. The van der Waals surface area contributed by atoms with Crippen LogP contribution in [-0.4, -0.2) is 47.0 Å². The SMILES string of the molecule is CCCNc1cc(N2CCC(CCC(=O)NCCc3cccnc3)CC2)ncn1. The van der Waals surface area contributed by atoms with Crippen LogP contribution < -0.4 is 15.5 Å². The number of nitrogens with zero attached hydrogens (tertiary/aromatic N) is 4. The van der Waals surface area contributed by atoms with Gasteiger partial charge in [0, 0.05) is 51.1 Å². The molecule has 3 rings (SSSR count). The Balaban J connectivity index is 1.34. The second kappa shape index (κ2) is 11.3. The lowest BCUT2D eigenvalue weighted by Gasteiger charge is -2.32. The zero-order chi connectivity index (χ0) is 20.3. The van der Waals surface area contributed by atoms with Gasteiger partial charge in [0.25, 0.3) is 0 Å². The summed E-state index contributed by atoms with van der Waals surface area (Å²) in [7, 11) is 0. The molecular formula is C22H32N6O. The summed E-state index contributed by atoms with van der Waals surface area (Å²) in [6, 6.07) is 5.99. The van der Waals surface area contributed by atoms with Crippen molar-refractivity contribution in [3.05, 3.63) is 42.5 Å². The highest BCUT2D eigenvalue weighted by Crippen LogP contribution is 2.25. The van der Waals surface area contributed by atoms with E-state index in [9.17, 15) is 4.79 Å². The maximum absolute atomic E-state index is 12.1. The number of hydrogen-bond acceptors (Lipinski definition) is 6. The quantitative estimate of drug-likeness (QED) is 0.642. The maximum atomic E-state index is 12.1. The van der Waals surface area contributed by atoms with Crippen molar-refractivity contribution in [1.29, 1.82) is 0 Å². The molecule has 0 radical (unpaired) electrons. The predicted octanol–water partition coefficient (Wildman–Crippen LogP) is 3.05. The molecule has 29 heavy (non-hydrogen) atoms. The molecule has 0 atom stereocenters. The summed E-state index contributed by atoms with van der Waals surface area (Å²) in [5.74, 6) is 2.64. The minimum atomic E-state index is 0.152. The van der Waals surface area contributed by atoms with E-state index in [1.165, 1.54) is 0 Å². The molecule has 1 aliphatic rings. The fourth-order valence-electron chi connectivity index (χ4n) is 3.64. The van der Waals surface area contributed by atoms with E-state index >= 15 is 0 Å². The van der Waals surface area contributed by atoms with Crippen LogP contribution in [0.2, 0.25) is 0 Å². The molecule has 156 valence electrons. The van der Waals surface area contributed by atoms with Crippen LogP contribution >= 0.6 is 0 Å². The van der Waals surface area contributed by atoms with Gasteiger partial charge in [0.2, 0.25) is 5.91 Å². The molecule has 7 heteroatoms. The molecule has 1 amide bonds. The topological polar surface area (TPSA) is 83.0 Å². The first-order valence-electron chi connectivity index (χ1n) is 10.7. The van der Waals surface area contributed by atoms with Crippen molar-refractivity contribution >= 4 is 17.5 Å². The van der Waals surface area contributed by atoms with Crippen molar-refractivity contribution < 1.29 is 4.79 Å². The first-order valence-corrected chi connectivity index (χ1v) is 10.7. The lowest BCUT2D eigenvalue weighted by Crippen LogP contribution is -2.35. The highest BCUT2D eigenvalue weighted by atomic mass is 16.1. The number of rotatable bonds is 10. The van der Waals surface area contributed by atoms with Gasteiger partial charge >= 0.3 is 0 Å². The molecule has 7 nitrogen and oxygen atoms in total. The number of anilines is 2. The number of nitrogens with one attached hydrogen (secondary N) is 2. The lowest BCUT2D eigenvalue weighted by molar-refractivity contribution is -0.121. The molecule has 2 aromatic rings. The number of carbonyl (C=O) groups excluding carboxylic acids is 1. The van der Waals surface area contributed by atoms with Gasteiger partial charge in [-0.3, -0.25) is 9.78 Å². The molecule has 0 saturated carbocycles. The van der Waals surface area contributed by atoms with Gasteiger partial charge < -0.3 is 15.5 Å². The Hall–Kier alpha value is -2.70. The normalized spacial score (nSPS) is 14.6. The molecule has 2 aromatic heterocycles. The van der Waals surface area contributed by atoms with Gasteiger partial charge in [-0.25, -0.2) is 9.97 Å². The molecule has 1 saturated heterocycles. The fourth-order valence-corrected chi connectivity index (χ4v) is 3.64. The predicted molar refractivity (Wildman–Crippen MR) is 116 cm³/mol. The van der Waals surface area contributed by atoms with E-state index in [4.69, 9.17) is 0 Å². The average molecular weight is 397 g/mol. The summed E-state index contributed by atoms with van der Waals surface area (Å²) in [4.78, 5) is 27.3. The highest BCUT2D eigenvalue weighted by Gasteiger charge is 2.21. The Labute approximate surface area is 173 Å². The highest BCUT2D eigenvalue weighted by molar-refractivity contribution is 5.75. The van der Waals surface area contributed by atoms with Crippen molar-refractivity contribution in [3.8, 4) is 0 Å². The van der Waals surface area contributed by atoms with Gasteiger partial charge in [-0.05, 0) is 49.7 Å². The number of pyridine rings is 1. The van der Waals surface area contributed by atoms with Gasteiger partial charge in [0.15, 0.2) is 0 Å². The van der Waals surface area contributed by atoms with E-state index in [2.05, 4.69) is 37.4 Å². The summed E-state index contributed by atoms with van der Waals surface area (Å²) < 4.78 is 0. The molecule has 0 spiro atoms. The summed E-state index contributed by atoms with van der Waals surface area (Å²) in [6.45, 7) is 5.70.